The van der Waals surface area contributed by atoms with Crippen LogP contribution in [-0.2, 0) is 6.54 Å². The Balaban J connectivity index is 1.71. The van der Waals surface area contributed by atoms with Gasteiger partial charge < -0.3 is 15.0 Å². The summed E-state index contributed by atoms with van der Waals surface area (Å²) in [4.78, 5) is 7.47. The maximum Gasteiger partial charge on any atom is 0.213 e. The number of nitrogens with one attached hydrogen (secondary N) is 2. The number of H-pyrrole nitrogens is 1. The number of aromatic amines is 1. The van der Waals surface area contributed by atoms with Crippen LogP contribution < -0.4 is 10.1 Å². The van der Waals surface area contributed by atoms with Crippen LogP contribution >= 0.6 is 0 Å². The first-order chi connectivity index (χ1) is 9.86. The first-order valence-electron chi connectivity index (χ1n) is 6.74. The van der Waals surface area contributed by atoms with E-state index in [0.717, 1.165) is 17.7 Å². The highest BCUT2D eigenvalue weighted by atomic mass is 16.5. The molecule has 102 valence electrons. The lowest BCUT2D eigenvalue weighted by Crippen LogP contribution is -2.01. The van der Waals surface area contributed by atoms with Crippen molar-refractivity contribution in [2.45, 2.75) is 13.5 Å². The van der Waals surface area contributed by atoms with Crippen LogP contribution in [0.25, 0.3) is 10.9 Å². The monoisotopic (exact) mass is 267 g/mol. The molecule has 0 aliphatic rings. The molecule has 0 spiro atoms. The van der Waals surface area contributed by atoms with Gasteiger partial charge in [0, 0.05) is 29.7 Å². The molecule has 2 N–H and O–H groups in total. The number of pyridine rings is 1. The normalized spacial score (nSPS) is 10.7. The van der Waals surface area contributed by atoms with E-state index in [2.05, 4.69) is 39.6 Å². The van der Waals surface area contributed by atoms with Crippen molar-refractivity contribution in [3.05, 3.63) is 54.4 Å². The minimum atomic E-state index is 0.634. The average molecular weight is 267 g/mol. The van der Waals surface area contributed by atoms with E-state index >= 15 is 0 Å². The summed E-state index contributed by atoms with van der Waals surface area (Å²) < 4.78 is 5.33. The molecule has 0 bridgehead atoms. The molecule has 0 radical (unpaired) electrons. The molecular weight excluding hydrogens is 250 g/mol. The molecule has 20 heavy (non-hydrogen) atoms. The summed E-state index contributed by atoms with van der Waals surface area (Å²) in [7, 11) is 0. The summed E-state index contributed by atoms with van der Waals surface area (Å²) in [6.07, 6.45) is 3.76. The summed E-state index contributed by atoms with van der Waals surface area (Å²) in [5.74, 6) is 0.658. The van der Waals surface area contributed by atoms with Crippen molar-refractivity contribution in [3.8, 4) is 5.88 Å². The van der Waals surface area contributed by atoms with Gasteiger partial charge in [-0.15, -0.1) is 0 Å². The Morgan fingerprint density at radius 1 is 1.20 bits per heavy atom. The molecule has 0 aliphatic heterocycles. The second-order valence-corrected chi connectivity index (χ2v) is 4.53. The van der Waals surface area contributed by atoms with Crippen LogP contribution in [0.3, 0.4) is 0 Å². The number of nitrogens with zero attached hydrogens (tertiary/aromatic N) is 1. The standard InChI is InChI=1S/C16H17N3O/c1-2-20-16-7-6-13(11-19-16)18-10-12-4-3-5-15-14(12)8-9-17-15/h3-9,11,17-18H,2,10H2,1H3. The number of hydrogen-bond acceptors (Lipinski definition) is 3. The van der Waals surface area contributed by atoms with Gasteiger partial charge in [-0.05, 0) is 30.7 Å². The van der Waals surface area contributed by atoms with Gasteiger partial charge in [0.25, 0.3) is 0 Å². The fourth-order valence-electron chi connectivity index (χ4n) is 2.22. The number of hydrogen-bond donors (Lipinski definition) is 2. The molecule has 2 aromatic heterocycles. The van der Waals surface area contributed by atoms with Crippen LogP contribution in [0.2, 0.25) is 0 Å². The Morgan fingerprint density at radius 2 is 2.15 bits per heavy atom. The second-order valence-electron chi connectivity index (χ2n) is 4.53. The Hall–Kier alpha value is -2.49. The van der Waals surface area contributed by atoms with E-state index in [4.69, 9.17) is 4.74 Å². The second kappa shape index (κ2) is 5.65. The molecule has 0 aliphatic carbocycles. The molecular formula is C16H17N3O. The zero-order valence-electron chi connectivity index (χ0n) is 11.4. The van der Waals surface area contributed by atoms with Gasteiger partial charge in [0.15, 0.2) is 0 Å². The molecule has 1 aromatic carbocycles. The molecule has 4 nitrogen and oxygen atoms in total. The van der Waals surface area contributed by atoms with Gasteiger partial charge in [-0.2, -0.15) is 0 Å². The Bertz CT molecular complexity index is 688. The molecule has 0 saturated heterocycles. The third-order valence-electron chi connectivity index (χ3n) is 3.20. The van der Waals surface area contributed by atoms with Crippen molar-refractivity contribution in [2.24, 2.45) is 0 Å². The van der Waals surface area contributed by atoms with E-state index in [0.29, 0.717) is 12.5 Å². The summed E-state index contributed by atoms with van der Waals surface area (Å²) in [5.41, 5.74) is 3.41. The van der Waals surface area contributed by atoms with Crippen LogP contribution in [0.5, 0.6) is 5.88 Å². The van der Waals surface area contributed by atoms with Crippen LogP contribution in [-0.4, -0.2) is 16.6 Å². The maximum absolute atomic E-state index is 5.33. The summed E-state index contributed by atoms with van der Waals surface area (Å²) >= 11 is 0. The van der Waals surface area contributed by atoms with Gasteiger partial charge in [0.05, 0.1) is 18.5 Å². The zero-order chi connectivity index (χ0) is 13.8. The number of fused-ring (bicyclic) bond motifs is 1. The Morgan fingerprint density at radius 3 is 2.95 bits per heavy atom. The minimum Gasteiger partial charge on any atom is -0.478 e. The van der Waals surface area contributed by atoms with E-state index in [9.17, 15) is 0 Å². The highest BCUT2D eigenvalue weighted by Gasteiger charge is 2.02. The van der Waals surface area contributed by atoms with Gasteiger partial charge in [-0.3, -0.25) is 0 Å². The molecule has 0 fully saturated rings. The van der Waals surface area contributed by atoms with Gasteiger partial charge in [-0.25, -0.2) is 4.98 Å². The topological polar surface area (TPSA) is 49.9 Å². The molecule has 0 saturated carbocycles. The summed E-state index contributed by atoms with van der Waals surface area (Å²) in [6.45, 7) is 3.35. The van der Waals surface area contributed by atoms with Crippen LogP contribution in [0.1, 0.15) is 12.5 Å². The lowest BCUT2D eigenvalue weighted by molar-refractivity contribution is 0.327. The third-order valence-corrected chi connectivity index (χ3v) is 3.20. The molecule has 0 amide bonds. The number of anilines is 1. The van der Waals surface area contributed by atoms with Crippen molar-refractivity contribution in [1.82, 2.24) is 9.97 Å². The highest BCUT2D eigenvalue weighted by molar-refractivity contribution is 5.83. The quantitative estimate of drug-likeness (QED) is 0.743. The first kappa shape index (κ1) is 12.5. The predicted molar refractivity (Wildman–Crippen MR) is 81.0 cm³/mol. The van der Waals surface area contributed by atoms with Crippen molar-refractivity contribution < 1.29 is 4.74 Å². The first-order valence-corrected chi connectivity index (χ1v) is 6.74. The number of aromatic nitrogens is 2. The van der Waals surface area contributed by atoms with E-state index in [1.165, 1.54) is 10.9 Å². The fraction of sp³-hybridized carbons (Fsp3) is 0.188. The van der Waals surface area contributed by atoms with Crippen LogP contribution in [0.4, 0.5) is 5.69 Å². The van der Waals surface area contributed by atoms with E-state index in [-0.39, 0.29) is 0 Å². The van der Waals surface area contributed by atoms with E-state index < -0.39 is 0 Å². The fourth-order valence-corrected chi connectivity index (χ4v) is 2.22. The SMILES string of the molecule is CCOc1ccc(NCc2cccc3[nH]ccc23)cn1. The zero-order valence-corrected chi connectivity index (χ0v) is 11.4. The molecule has 4 heteroatoms. The molecule has 3 rings (SSSR count). The maximum atomic E-state index is 5.33. The number of rotatable bonds is 5. The number of ether oxygens (including phenoxy) is 1. The third kappa shape index (κ3) is 2.59. The minimum absolute atomic E-state index is 0.634. The van der Waals surface area contributed by atoms with Gasteiger partial charge in [0.2, 0.25) is 5.88 Å². The number of benzene rings is 1. The van der Waals surface area contributed by atoms with Crippen LogP contribution in [0.15, 0.2) is 48.8 Å². The molecule has 0 unspecified atom stereocenters. The van der Waals surface area contributed by atoms with Gasteiger partial charge >= 0.3 is 0 Å². The summed E-state index contributed by atoms with van der Waals surface area (Å²) in [5, 5.41) is 4.63. The summed E-state index contributed by atoms with van der Waals surface area (Å²) in [6, 6.07) is 12.2. The van der Waals surface area contributed by atoms with Crippen molar-refractivity contribution in [1.29, 1.82) is 0 Å². The largest absolute Gasteiger partial charge is 0.478 e. The predicted octanol–water partition coefficient (Wildman–Crippen LogP) is 3.57. The van der Waals surface area contributed by atoms with Gasteiger partial charge in [-0.1, -0.05) is 12.1 Å². The Kier molecular flexibility index (Phi) is 3.54. The van der Waals surface area contributed by atoms with Crippen molar-refractivity contribution >= 4 is 16.6 Å². The van der Waals surface area contributed by atoms with Crippen LogP contribution in [0, 0.1) is 0 Å². The lowest BCUT2D eigenvalue weighted by Gasteiger charge is -2.08. The average Bonchev–Trinajstić information content (AvgIpc) is 2.96. The van der Waals surface area contributed by atoms with Crippen molar-refractivity contribution in [3.63, 3.8) is 0 Å². The van der Waals surface area contributed by atoms with Gasteiger partial charge in [0.1, 0.15) is 0 Å². The van der Waals surface area contributed by atoms with E-state index in [1.54, 1.807) is 6.20 Å². The molecule has 3 aromatic rings. The van der Waals surface area contributed by atoms with E-state index in [1.807, 2.05) is 25.3 Å². The van der Waals surface area contributed by atoms with Crippen molar-refractivity contribution in [2.75, 3.05) is 11.9 Å². The molecule has 0 atom stereocenters. The molecule has 2 heterocycles. The smallest absolute Gasteiger partial charge is 0.213 e. The Labute approximate surface area is 117 Å². The highest BCUT2D eigenvalue weighted by Crippen LogP contribution is 2.19. The lowest BCUT2D eigenvalue weighted by atomic mass is 10.1.